The zero-order valence-electron chi connectivity index (χ0n) is 42.1. The van der Waals surface area contributed by atoms with Crippen LogP contribution in [-0.2, 0) is 32.7 Å². The molecule has 1 rings (SSSR count). The summed E-state index contributed by atoms with van der Waals surface area (Å²) in [6.07, 6.45) is -2.51. The molecule has 0 amide bonds. The van der Waals surface area contributed by atoms with Crippen molar-refractivity contribution in [1.29, 1.82) is 0 Å². The molecule has 1 fully saturated rings. The van der Waals surface area contributed by atoms with Crippen molar-refractivity contribution in [2.24, 2.45) is 0 Å². The Bertz CT molecular complexity index is 1330. The van der Waals surface area contributed by atoms with E-state index in [9.17, 15) is 44.6 Å². The number of unbranched alkanes of at least 4 members (excludes halogenated alkanes) is 20. The lowest BCUT2D eigenvalue weighted by molar-refractivity contribution is -0.220. The minimum absolute atomic E-state index is 0.0330. The lowest BCUT2D eigenvalue weighted by atomic mass is 9.85. The smallest absolute Gasteiger partial charge is 0.462 e. The van der Waals surface area contributed by atoms with Crippen molar-refractivity contribution in [2.75, 3.05) is 13.2 Å². The van der Waals surface area contributed by atoms with Crippen LogP contribution in [0.2, 0.25) is 0 Å². The number of aliphatic hydroxyl groups is 5. The van der Waals surface area contributed by atoms with Gasteiger partial charge in [0.25, 0.3) is 0 Å². The molecule has 1 aliphatic carbocycles. The number of carbonyl (C=O) groups is 2. The van der Waals surface area contributed by atoms with Gasteiger partial charge in [0, 0.05) is 25.2 Å². The molecule has 6 N–H and O–H groups in total. The summed E-state index contributed by atoms with van der Waals surface area (Å²) < 4.78 is 103. The Balaban J connectivity index is 2.52. The Kier molecular flexibility index (Phi) is 22.7. The fourth-order valence-electron chi connectivity index (χ4n) is 6.42. The maximum Gasteiger partial charge on any atom is 0.472 e. The summed E-state index contributed by atoms with van der Waals surface area (Å²) in [6.45, 7) is -2.45. The molecule has 0 saturated heterocycles. The van der Waals surface area contributed by atoms with E-state index in [1.54, 1.807) is 0 Å². The van der Waals surface area contributed by atoms with E-state index in [1.807, 2.05) is 0 Å². The van der Waals surface area contributed by atoms with Crippen molar-refractivity contribution in [2.45, 2.75) is 236 Å². The molecule has 0 spiro atoms. The maximum atomic E-state index is 12.8. The largest absolute Gasteiger partial charge is 0.472 e. The number of phosphoric acid groups is 1. The maximum absolute atomic E-state index is 12.8. The molecule has 13 nitrogen and oxygen atoms in total. The van der Waals surface area contributed by atoms with Crippen molar-refractivity contribution >= 4 is 19.8 Å². The molecule has 3 unspecified atom stereocenters. The third-order valence-electron chi connectivity index (χ3n) is 9.80. The Morgan fingerprint density at radius 3 is 1.49 bits per heavy atom. The van der Waals surface area contributed by atoms with E-state index in [0.717, 1.165) is 57.8 Å². The van der Waals surface area contributed by atoms with Gasteiger partial charge in [0.15, 0.2) is 6.10 Å². The van der Waals surface area contributed by atoms with Gasteiger partial charge in [0.1, 0.15) is 43.2 Å². The van der Waals surface area contributed by atoms with Crippen LogP contribution in [0.4, 0.5) is 0 Å². The van der Waals surface area contributed by atoms with Gasteiger partial charge < -0.3 is 39.9 Å². The number of phosphoric ester groups is 1. The molecule has 0 bridgehead atoms. The van der Waals surface area contributed by atoms with E-state index >= 15 is 0 Å². The van der Waals surface area contributed by atoms with E-state index in [2.05, 4.69) is 6.92 Å². The second-order valence-corrected chi connectivity index (χ2v) is 16.1. The highest BCUT2D eigenvalue weighted by Crippen LogP contribution is 2.47. The van der Waals surface area contributed by atoms with Crippen LogP contribution in [-0.4, -0.2) is 98.3 Å². The quantitative estimate of drug-likeness (QED) is 0.0203. The van der Waals surface area contributed by atoms with Gasteiger partial charge in [0.2, 0.25) is 0 Å². The summed E-state index contributed by atoms with van der Waals surface area (Å²) in [4.78, 5) is 35.7. The molecule has 0 aromatic carbocycles. The van der Waals surface area contributed by atoms with Crippen molar-refractivity contribution in [3.8, 4) is 0 Å². The summed E-state index contributed by atoms with van der Waals surface area (Å²) in [5, 5.41) is 50.1. The first-order valence-corrected chi connectivity index (χ1v) is 22.2. The number of ether oxygens (including phenoxy) is 2. The highest BCUT2D eigenvalue weighted by Gasteiger charge is 2.51. The van der Waals surface area contributed by atoms with Gasteiger partial charge in [-0.3, -0.25) is 18.6 Å². The summed E-state index contributed by atoms with van der Waals surface area (Å²) >= 11 is 0. The molecule has 55 heavy (non-hydrogen) atoms. The standard InChI is InChI=1S/C41H79O13P/c1-3-5-7-9-11-13-15-17-19-21-23-25-27-29-34(42)51-31-33(32-52-55(49,50)54-41-39(47)37(45)36(44)38(46)40(41)48)53-35(43)30-28-26-24-22-20-18-16-14-12-10-8-6-4-2/h33,36-41,44-48H,3-32H2,1-2H3,(H,49,50)/t33-,36?,37-,38+,39-,40-,41?/m1/s1/i1D3,3D2,5D2,7D2. The monoisotopic (exact) mass is 820 g/mol. The van der Waals surface area contributed by atoms with Crippen molar-refractivity contribution in [3.63, 3.8) is 0 Å². The molecule has 326 valence electrons. The van der Waals surface area contributed by atoms with Gasteiger partial charge in [-0.15, -0.1) is 0 Å². The predicted octanol–water partition coefficient (Wildman–Crippen LogP) is 7.72. The van der Waals surface area contributed by atoms with Gasteiger partial charge >= 0.3 is 19.8 Å². The molecule has 0 aliphatic heterocycles. The first-order valence-electron chi connectivity index (χ1n) is 25.2. The van der Waals surface area contributed by atoms with Crippen LogP contribution < -0.4 is 0 Å². The Morgan fingerprint density at radius 2 is 1.02 bits per heavy atom. The average molecular weight is 820 g/mol. The molecular formula is C41H79O13P. The number of rotatable bonds is 36. The second kappa shape index (κ2) is 32.8. The number of carbonyl (C=O) groups excluding carboxylic acids is 2. The van der Waals surface area contributed by atoms with Crippen LogP contribution in [0.1, 0.15) is 206 Å². The summed E-state index contributed by atoms with van der Waals surface area (Å²) in [7, 11) is -5.18. The Labute approximate surface area is 344 Å². The third kappa shape index (κ3) is 25.7. The molecule has 1 saturated carbocycles. The zero-order valence-corrected chi connectivity index (χ0v) is 34.0. The predicted molar refractivity (Wildman–Crippen MR) is 212 cm³/mol. The first-order chi connectivity index (χ1) is 29.8. The summed E-state index contributed by atoms with van der Waals surface area (Å²) in [6, 6.07) is 0. The topological polar surface area (TPSA) is 210 Å². The molecule has 0 aromatic rings. The number of hydrogen-bond donors (Lipinski definition) is 6. The third-order valence-corrected chi connectivity index (χ3v) is 10.8. The van der Waals surface area contributed by atoms with E-state index in [4.69, 9.17) is 30.9 Å². The van der Waals surface area contributed by atoms with E-state index in [0.29, 0.717) is 25.7 Å². The number of esters is 2. The Morgan fingerprint density at radius 1 is 0.600 bits per heavy atom. The van der Waals surface area contributed by atoms with Crippen molar-refractivity contribution in [3.05, 3.63) is 0 Å². The second-order valence-electron chi connectivity index (χ2n) is 14.7. The van der Waals surface area contributed by atoms with Crippen LogP contribution in [0.15, 0.2) is 0 Å². The molecular weight excluding hydrogens is 731 g/mol. The lowest BCUT2D eigenvalue weighted by Gasteiger charge is -2.41. The lowest BCUT2D eigenvalue weighted by Crippen LogP contribution is -2.64. The highest BCUT2D eigenvalue weighted by molar-refractivity contribution is 7.47. The SMILES string of the molecule is [2H]C([2H])([2H])C([2H])([2H])C([2H])([2H])C([2H])([2H])CCCCCCCCCCCC(=O)OC[C@H](COP(=O)(O)OC1[C@H](O)[C@H](O)C(O)[C@H](O)[C@H]1O)OC(=O)CCCCCCCCCCCCCCC. The van der Waals surface area contributed by atoms with E-state index in [1.165, 1.54) is 51.4 Å². The van der Waals surface area contributed by atoms with E-state index in [-0.39, 0.29) is 25.7 Å². The fourth-order valence-corrected chi connectivity index (χ4v) is 7.39. The van der Waals surface area contributed by atoms with Gasteiger partial charge in [0.05, 0.1) is 6.61 Å². The van der Waals surface area contributed by atoms with Crippen LogP contribution in [0.5, 0.6) is 0 Å². The van der Waals surface area contributed by atoms with E-state index < -0.39 is 102 Å². The zero-order chi connectivity index (χ0) is 48.6. The average Bonchev–Trinajstić information content (AvgIpc) is 3.22. The normalized spacial score (nSPS) is 26.4. The van der Waals surface area contributed by atoms with Crippen LogP contribution in [0.25, 0.3) is 0 Å². The van der Waals surface area contributed by atoms with Gasteiger partial charge in [-0.1, -0.05) is 168 Å². The highest BCUT2D eigenvalue weighted by atomic mass is 31.2. The van der Waals surface area contributed by atoms with Crippen LogP contribution >= 0.6 is 7.82 Å². The minimum atomic E-state index is -5.18. The number of aliphatic hydroxyl groups excluding tert-OH is 5. The van der Waals surface area contributed by atoms with Gasteiger partial charge in [-0.05, 0) is 12.8 Å². The molecule has 14 heteroatoms. The summed E-state index contributed by atoms with van der Waals surface area (Å²) in [5.74, 6) is -1.27. The molecule has 0 aromatic heterocycles. The van der Waals surface area contributed by atoms with Gasteiger partial charge in [-0.2, -0.15) is 0 Å². The van der Waals surface area contributed by atoms with Crippen molar-refractivity contribution < 1.29 is 75.4 Å². The Hall–Kier alpha value is -1.15. The fraction of sp³-hybridized carbons (Fsp3) is 0.951. The first kappa shape index (κ1) is 38.1. The van der Waals surface area contributed by atoms with Gasteiger partial charge in [-0.25, -0.2) is 4.57 Å². The molecule has 0 heterocycles. The van der Waals surface area contributed by atoms with Crippen LogP contribution in [0, 0.1) is 0 Å². The molecule has 8 atom stereocenters. The summed E-state index contributed by atoms with van der Waals surface area (Å²) in [5.41, 5.74) is 0. The number of hydrogen-bond acceptors (Lipinski definition) is 12. The molecule has 0 radical (unpaired) electrons. The van der Waals surface area contributed by atoms with Crippen LogP contribution in [0.3, 0.4) is 0 Å². The molecule has 1 aliphatic rings. The minimum Gasteiger partial charge on any atom is -0.462 e. The van der Waals surface area contributed by atoms with Crippen molar-refractivity contribution in [1.82, 2.24) is 0 Å².